The summed E-state index contributed by atoms with van der Waals surface area (Å²) in [7, 11) is 4.33. The second kappa shape index (κ2) is 5.50. The molecule has 0 saturated heterocycles. The highest BCUT2D eigenvalue weighted by Gasteiger charge is 1.95. The van der Waals surface area contributed by atoms with Crippen LogP contribution >= 0.6 is 18.9 Å². The molecule has 2 unspecified atom stereocenters. The molecule has 0 radical (unpaired) electrons. The van der Waals surface area contributed by atoms with Gasteiger partial charge >= 0.3 is 0 Å². The molecule has 0 bridgehead atoms. The SMILES string of the molecule is POCc1cnc(COP)cn1. The summed E-state index contributed by atoms with van der Waals surface area (Å²) in [6, 6.07) is 0. The van der Waals surface area contributed by atoms with Crippen LogP contribution in [0.25, 0.3) is 0 Å². The van der Waals surface area contributed by atoms with Crippen LogP contribution in [0.1, 0.15) is 11.4 Å². The van der Waals surface area contributed by atoms with Crippen LogP contribution < -0.4 is 0 Å². The third-order valence-corrected chi connectivity index (χ3v) is 1.55. The smallest absolute Gasteiger partial charge is 0.0939 e. The van der Waals surface area contributed by atoms with Crippen molar-refractivity contribution in [1.29, 1.82) is 0 Å². The molecule has 0 aliphatic rings. The molecule has 0 N–H and O–H groups in total. The van der Waals surface area contributed by atoms with Gasteiger partial charge in [0.2, 0.25) is 0 Å². The van der Waals surface area contributed by atoms with Crippen LogP contribution in [-0.4, -0.2) is 9.97 Å². The fraction of sp³-hybridized carbons (Fsp3) is 0.333. The lowest BCUT2D eigenvalue weighted by atomic mass is 10.4. The zero-order chi connectivity index (χ0) is 8.81. The molecule has 1 aromatic heterocycles. The number of hydrogen-bond acceptors (Lipinski definition) is 4. The molecule has 0 amide bonds. The molecule has 2 atom stereocenters. The molecule has 0 fully saturated rings. The highest BCUT2D eigenvalue weighted by Crippen LogP contribution is 2.02. The summed E-state index contributed by atoms with van der Waals surface area (Å²) in [4.78, 5) is 8.19. The summed E-state index contributed by atoms with van der Waals surface area (Å²) in [5.41, 5.74) is 1.61. The number of nitrogens with zero attached hydrogens (tertiary/aromatic N) is 2. The van der Waals surface area contributed by atoms with Gasteiger partial charge in [-0.15, -0.1) is 0 Å². The van der Waals surface area contributed by atoms with Gasteiger partial charge in [0, 0.05) is 18.9 Å². The standard InChI is InChI=1S/C6H10N2O2P2/c11-9-3-5-1-7-6(2-8-5)4-10-12/h1-2H,3-4,11-12H2. The van der Waals surface area contributed by atoms with Gasteiger partial charge in [0.1, 0.15) is 0 Å². The van der Waals surface area contributed by atoms with E-state index >= 15 is 0 Å². The topological polar surface area (TPSA) is 44.2 Å². The maximum Gasteiger partial charge on any atom is 0.0939 e. The summed E-state index contributed by atoms with van der Waals surface area (Å²) in [5, 5.41) is 0. The Morgan fingerprint density at radius 3 is 1.67 bits per heavy atom. The van der Waals surface area contributed by atoms with E-state index in [9.17, 15) is 0 Å². The predicted octanol–water partition coefficient (Wildman–Crippen LogP) is 1.09. The minimum absolute atomic E-state index is 0.458. The molecular weight excluding hydrogens is 194 g/mol. The van der Waals surface area contributed by atoms with Crippen molar-refractivity contribution in [3.05, 3.63) is 23.8 Å². The molecule has 66 valence electrons. The van der Waals surface area contributed by atoms with E-state index in [0.29, 0.717) is 13.2 Å². The van der Waals surface area contributed by atoms with Crippen molar-refractivity contribution >= 4 is 18.9 Å². The minimum atomic E-state index is 0.458. The normalized spacial score (nSPS) is 10.2. The van der Waals surface area contributed by atoms with Crippen molar-refractivity contribution in [1.82, 2.24) is 9.97 Å². The second-order valence-electron chi connectivity index (χ2n) is 2.12. The molecule has 0 saturated carbocycles. The van der Waals surface area contributed by atoms with E-state index in [1.165, 1.54) is 0 Å². The van der Waals surface area contributed by atoms with Crippen LogP contribution in [0.15, 0.2) is 12.4 Å². The van der Waals surface area contributed by atoms with Gasteiger partial charge in [-0.3, -0.25) is 9.97 Å². The second-order valence-corrected chi connectivity index (χ2v) is 2.79. The summed E-state index contributed by atoms with van der Waals surface area (Å²) >= 11 is 0. The van der Waals surface area contributed by atoms with Gasteiger partial charge in [-0.05, 0) is 0 Å². The van der Waals surface area contributed by atoms with Crippen LogP contribution in [0.2, 0.25) is 0 Å². The molecule has 0 spiro atoms. The van der Waals surface area contributed by atoms with Gasteiger partial charge in [-0.2, -0.15) is 0 Å². The largest absolute Gasteiger partial charge is 0.359 e. The Morgan fingerprint density at radius 1 is 1.00 bits per heavy atom. The van der Waals surface area contributed by atoms with Crippen LogP contribution in [0.4, 0.5) is 0 Å². The summed E-state index contributed by atoms with van der Waals surface area (Å²) in [6.45, 7) is 0.916. The molecule has 0 aromatic carbocycles. The first kappa shape index (κ1) is 9.94. The van der Waals surface area contributed by atoms with Gasteiger partial charge in [-0.25, -0.2) is 0 Å². The van der Waals surface area contributed by atoms with Crippen molar-refractivity contribution < 1.29 is 9.05 Å². The third-order valence-electron chi connectivity index (χ3n) is 1.22. The zero-order valence-electron chi connectivity index (χ0n) is 6.43. The van der Waals surface area contributed by atoms with Gasteiger partial charge in [0.15, 0.2) is 0 Å². The number of rotatable bonds is 4. The average molecular weight is 204 g/mol. The van der Waals surface area contributed by atoms with Crippen molar-refractivity contribution in [2.75, 3.05) is 0 Å². The average Bonchev–Trinajstić information content (AvgIpc) is 2.09. The molecule has 1 rings (SSSR count). The molecule has 4 nitrogen and oxygen atoms in total. The van der Waals surface area contributed by atoms with Crippen molar-refractivity contribution in [2.24, 2.45) is 0 Å². The van der Waals surface area contributed by atoms with Crippen molar-refractivity contribution in [3.63, 3.8) is 0 Å². The van der Waals surface area contributed by atoms with E-state index in [2.05, 4.69) is 28.9 Å². The highest BCUT2D eigenvalue weighted by molar-refractivity contribution is 7.09. The van der Waals surface area contributed by atoms with Crippen LogP contribution in [-0.2, 0) is 22.3 Å². The summed E-state index contributed by atoms with van der Waals surface area (Å²) in [6.07, 6.45) is 3.34. The quantitative estimate of drug-likeness (QED) is 0.688. The van der Waals surface area contributed by atoms with Gasteiger partial charge in [-0.1, -0.05) is 0 Å². The first-order valence-corrected chi connectivity index (χ1v) is 4.24. The molecule has 0 aliphatic heterocycles. The third kappa shape index (κ3) is 3.08. The van der Waals surface area contributed by atoms with Crippen LogP contribution in [0.3, 0.4) is 0 Å². The Morgan fingerprint density at radius 2 is 1.42 bits per heavy atom. The predicted molar refractivity (Wildman–Crippen MR) is 51.0 cm³/mol. The lowest BCUT2D eigenvalue weighted by molar-refractivity contribution is 0.346. The van der Waals surface area contributed by atoms with Gasteiger partial charge < -0.3 is 9.05 Å². The molecule has 0 aliphatic carbocycles. The Balaban J connectivity index is 2.58. The number of aromatic nitrogens is 2. The summed E-state index contributed by atoms with van der Waals surface area (Å²) in [5.74, 6) is 0. The Kier molecular flexibility index (Phi) is 4.55. The fourth-order valence-electron chi connectivity index (χ4n) is 0.701. The van der Waals surface area contributed by atoms with Crippen molar-refractivity contribution in [2.45, 2.75) is 13.2 Å². The number of hydrogen-bond donors (Lipinski definition) is 0. The van der Waals surface area contributed by atoms with Crippen LogP contribution in [0.5, 0.6) is 0 Å². The molecular formula is C6H10N2O2P2. The monoisotopic (exact) mass is 204 g/mol. The Bertz CT molecular complexity index is 204. The van der Waals surface area contributed by atoms with Gasteiger partial charge in [0.25, 0.3) is 0 Å². The van der Waals surface area contributed by atoms with E-state index in [1.54, 1.807) is 12.4 Å². The van der Waals surface area contributed by atoms with E-state index in [0.717, 1.165) is 11.4 Å². The lowest BCUT2D eigenvalue weighted by Crippen LogP contribution is -1.95. The highest BCUT2D eigenvalue weighted by atomic mass is 31.0. The Hall–Kier alpha value is -0.140. The molecule has 1 heterocycles. The van der Waals surface area contributed by atoms with E-state index in [1.807, 2.05) is 0 Å². The summed E-state index contributed by atoms with van der Waals surface area (Å²) < 4.78 is 9.61. The van der Waals surface area contributed by atoms with Crippen LogP contribution in [0, 0.1) is 0 Å². The first-order chi connectivity index (χ1) is 5.86. The lowest BCUT2D eigenvalue weighted by Gasteiger charge is -1.99. The van der Waals surface area contributed by atoms with E-state index in [4.69, 9.17) is 9.05 Å². The van der Waals surface area contributed by atoms with Crippen molar-refractivity contribution in [3.8, 4) is 0 Å². The van der Waals surface area contributed by atoms with Gasteiger partial charge in [0.05, 0.1) is 37.0 Å². The maximum atomic E-state index is 4.81. The fourth-order valence-corrected chi connectivity index (χ4v) is 1.04. The van der Waals surface area contributed by atoms with E-state index in [-0.39, 0.29) is 0 Å². The maximum absolute atomic E-state index is 4.81. The molecule has 1 aromatic rings. The zero-order valence-corrected chi connectivity index (χ0v) is 8.74. The minimum Gasteiger partial charge on any atom is -0.359 e. The first-order valence-electron chi connectivity index (χ1n) is 3.30. The van der Waals surface area contributed by atoms with E-state index < -0.39 is 0 Å². The molecule has 12 heavy (non-hydrogen) atoms. The Labute approximate surface area is 75.7 Å². The molecule has 6 heteroatoms.